The Bertz CT molecular complexity index is 4230. The molecule has 0 aliphatic carbocycles. The minimum Gasteiger partial charge on any atom is -0.355 e. The van der Waals surface area contributed by atoms with Crippen molar-refractivity contribution in [2.45, 2.75) is 19.3 Å². The van der Waals surface area contributed by atoms with E-state index < -0.39 is 0 Å². The summed E-state index contributed by atoms with van der Waals surface area (Å²) in [5.41, 5.74) is 18.5. The molecule has 0 saturated carbocycles. The van der Waals surface area contributed by atoms with Crippen LogP contribution in [0.3, 0.4) is 0 Å². The van der Waals surface area contributed by atoms with E-state index in [0.717, 1.165) is 28.3 Å². The first kappa shape index (κ1) is 41.8. The number of nitrogens with one attached hydrogen (secondary N) is 1. The molecule has 3 nitrogen and oxygen atoms in total. The fourth-order valence-corrected chi connectivity index (χ4v) is 11.8. The van der Waals surface area contributed by atoms with E-state index in [4.69, 9.17) is 0 Å². The Hall–Kier alpha value is -9.18. The summed E-state index contributed by atoms with van der Waals surface area (Å²) in [5, 5.41) is 13.8. The highest BCUT2D eigenvalue weighted by Crippen LogP contribution is 2.54. The molecule has 0 spiro atoms. The van der Waals surface area contributed by atoms with Gasteiger partial charge in [0.15, 0.2) is 0 Å². The molecular formula is C69H49N3. The summed E-state index contributed by atoms with van der Waals surface area (Å²) in [6.45, 7) is 4.82. The number of fused-ring (bicyclic) bond motifs is 11. The number of hydrogen-bond donors (Lipinski definition) is 1. The molecule has 12 aromatic carbocycles. The van der Waals surface area contributed by atoms with Crippen molar-refractivity contribution in [2.75, 3.05) is 10.2 Å². The highest BCUT2D eigenvalue weighted by Gasteiger charge is 2.38. The number of benzene rings is 12. The number of hydrogen-bond acceptors (Lipinski definition) is 2. The second-order valence-corrected chi connectivity index (χ2v) is 19.8. The maximum absolute atomic E-state index is 3.72. The first-order valence-electron chi connectivity index (χ1n) is 25.0. The van der Waals surface area contributed by atoms with E-state index in [-0.39, 0.29) is 5.41 Å². The van der Waals surface area contributed by atoms with Crippen molar-refractivity contribution < 1.29 is 0 Å². The van der Waals surface area contributed by atoms with Gasteiger partial charge in [0, 0.05) is 44.5 Å². The van der Waals surface area contributed by atoms with Gasteiger partial charge < -0.3 is 14.8 Å². The van der Waals surface area contributed by atoms with Crippen LogP contribution in [0.4, 0.5) is 28.4 Å². The van der Waals surface area contributed by atoms with Crippen LogP contribution in [0.5, 0.6) is 0 Å². The lowest BCUT2D eigenvalue weighted by molar-refractivity contribution is 0.632. The Morgan fingerprint density at radius 3 is 1.46 bits per heavy atom. The molecule has 72 heavy (non-hydrogen) atoms. The number of aromatic nitrogens is 1. The second-order valence-electron chi connectivity index (χ2n) is 19.8. The Morgan fingerprint density at radius 1 is 0.319 bits per heavy atom. The third-order valence-electron chi connectivity index (χ3n) is 15.3. The maximum Gasteiger partial charge on any atom is 0.0541 e. The zero-order chi connectivity index (χ0) is 47.9. The minimum atomic E-state index is -0.364. The molecule has 0 bridgehead atoms. The third kappa shape index (κ3) is 6.66. The highest BCUT2D eigenvalue weighted by molar-refractivity contribution is 6.26. The molecule has 2 heterocycles. The molecule has 1 aromatic heterocycles. The topological polar surface area (TPSA) is 20.2 Å². The van der Waals surface area contributed by atoms with E-state index in [1.807, 2.05) is 0 Å². The Balaban J connectivity index is 0.960. The molecule has 0 amide bonds. The molecule has 0 radical (unpaired) electrons. The summed E-state index contributed by atoms with van der Waals surface area (Å²) in [6, 6.07) is 93.7. The monoisotopic (exact) mass is 919 g/mol. The normalized spacial score (nSPS) is 12.9. The van der Waals surface area contributed by atoms with Crippen LogP contribution >= 0.6 is 0 Å². The summed E-state index contributed by atoms with van der Waals surface area (Å²) in [4.78, 5) is 2.52. The number of nitrogens with zero attached hydrogens (tertiary/aromatic N) is 2. The van der Waals surface area contributed by atoms with Crippen LogP contribution in [0.15, 0.2) is 255 Å². The lowest BCUT2D eigenvalue weighted by atomic mass is 9.72. The van der Waals surface area contributed by atoms with Gasteiger partial charge in [-0.15, -0.1) is 0 Å². The van der Waals surface area contributed by atoms with Crippen molar-refractivity contribution in [3.63, 3.8) is 0 Å². The molecule has 1 N–H and O–H groups in total. The lowest BCUT2D eigenvalue weighted by Crippen LogP contribution is -2.30. The predicted molar refractivity (Wildman–Crippen MR) is 306 cm³/mol. The van der Waals surface area contributed by atoms with Gasteiger partial charge in [-0.05, 0) is 162 Å². The molecule has 340 valence electrons. The van der Waals surface area contributed by atoms with E-state index in [2.05, 4.69) is 283 Å². The smallest absolute Gasteiger partial charge is 0.0541 e. The van der Waals surface area contributed by atoms with Crippen LogP contribution in [0.1, 0.15) is 25.0 Å². The van der Waals surface area contributed by atoms with Crippen molar-refractivity contribution in [3.8, 4) is 39.1 Å². The largest absolute Gasteiger partial charge is 0.355 e. The zero-order valence-electron chi connectivity index (χ0n) is 40.1. The Kier molecular flexibility index (Phi) is 9.56. The van der Waals surface area contributed by atoms with Crippen LogP contribution in [-0.4, -0.2) is 4.57 Å². The summed E-state index contributed by atoms with van der Waals surface area (Å²) in [7, 11) is 0. The van der Waals surface area contributed by atoms with Crippen molar-refractivity contribution in [1.82, 2.24) is 4.57 Å². The van der Waals surface area contributed by atoms with Crippen LogP contribution < -0.4 is 10.2 Å². The summed E-state index contributed by atoms with van der Waals surface area (Å²) in [6.07, 6.45) is 0. The van der Waals surface area contributed by atoms with Crippen LogP contribution in [0.2, 0.25) is 0 Å². The maximum atomic E-state index is 3.72. The number of para-hydroxylation sites is 3. The van der Waals surface area contributed by atoms with Crippen LogP contribution in [0, 0.1) is 0 Å². The average molecular weight is 920 g/mol. The van der Waals surface area contributed by atoms with E-state index >= 15 is 0 Å². The predicted octanol–water partition coefficient (Wildman–Crippen LogP) is 19.1. The first-order valence-corrected chi connectivity index (χ1v) is 25.0. The quantitative estimate of drug-likeness (QED) is 0.161. The molecule has 0 atom stereocenters. The molecule has 14 rings (SSSR count). The average Bonchev–Trinajstić information content (AvgIpc) is 3.78. The summed E-state index contributed by atoms with van der Waals surface area (Å²) in [5.74, 6) is 0. The fourth-order valence-electron chi connectivity index (χ4n) is 11.8. The van der Waals surface area contributed by atoms with Gasteiger partial charge in [0.1, 0.15) is 0 Å². The number of rotatable bonds is 7. The molecule has 1 aliphatic heterocycles. The molecule has 1 aliphatic rings. The van der Waals surface area contributed by atoms with E-state index in [9.17, 15) is 0 Å². The van der Waals surface area contributed by atoms with E-state index in [1.54, 1.807) is 0 Å². The van der Waals surface area contributed by atoms with Crippen LogP contribution in [0.25, 0.3) is 93.2 Å². The molecule has 13 aromatic rings. The highest BCUT2D eigenvalue weighted by atomic mass is 15.2. The van der Waals surface area contributed by atoms with Gasteiger partial charge in [0.05, 0.1) is 22.4 Å². The van der Waals surface area contributed by atoms with Gasteiger partial charge in [-0.25, -0.2) is 0 Å². The SMILES string of the molecule is CC1(C)c2cc(-c3ccc(Nc4ccccc4)c(-c4ccccc4)c3)ccc2N(c2ccc3c4ccccc4c4ccccc4c3c2)c2ccc(-c3ccc4c(c3)c3ccccc3n4-c3ccccc3)cc21. The molecular weight excluding hydrogens is 871 g/mol. The van der Waals surface area contributed by atoms with Gasteiger partial charge in [-0.2, -0.15) is 0 Å². The van der Waals surface area contributed by atoms with Gasteiger partial charge in [-0.3, -0.25) is 0 Å². The fraction of sp³-hybridized carbons (Fsp3) is 0.0435. The van der Waals surface area contributed by atoms with Gasteiger partial charge >= 0.3 is 0 Å². The Labute approximate surface area is 419 Å². The van der Waals surface area contributed by atoms with Crippen molar-refractivity contribution >= 4 is 82.6 Å². The van der Waals surface area contributed by atoms with E-state index in [1.165, 1.54) is 104 Å². The van der Waals surface area contributed by atoms with Crippen LogP contribution in [-0.2, 0) is 5.41 Å². The van der Waals surface area contributed by atoms with Crippen molar-refractivity contribution in [1.29, 1.82) is 0 Å². The second kappa shape index (κ2) is 16.5. The summed E-state index contributed by atoms with van der Waals surface area (Å²) >= 11 is 0. The van der Waals surface area contributed by atoms with Gasteiger partial charge in [-0.1, -0.05) is 178 Å². The zero-order valence-corrected chi connectivity index (χ0v) is 40.1. The molecule has 0 fully saturated rings. The molecule has 3 heteroatoms. The standard InChI is InChI=1S/C69H49N3/c1-69(2)62-42-48(46-30-36-64(70-50-20-8-4-9-21-50)59(40-46)45-18-6-3-7-19-45)32-38-67(62)72(52-34-35-57-55-26-13-12-24-53(55)54-25-14-15-27-56(54)60(57)44-52)68-39-33-49(43-63(68)69)47-31-37-66-61(41-47)58-28-16-17-29-65(58)71(66)51-22-10-5-11-23-51/h3-44,70H,1-2H3. The summed E-state index contributed by atoms with van der Waals surface area (Å²) < 4.78 is 2.39. The van der Waals surface area contributed by atoms with E-state index in [0.29, 0.717) is 0 Å². The first-order chi connectivity index (χ1) is 35.5. The molecule has 0 saturated heterocycles. The number of anilines is 5. The van der Waals surface area contributed by atoms with Gasteiger partial charge in [0.25, 0.3) is 0 Å². The lowest BCUT2D eigenvalue weighted by Gasteiger charge is -2.42. The Morgan fingerprint density at radius 2 is 0.806 bits per heavy atom. The van der Waals surface area contributed by atoms with Gasteiger partial charge in [0.2, 0.25) is 0 Å². The third-order valence-corrected chi connectivity index (χ3v) is 15.3. The van der Waals surface area contributed by atoms with Crippen molar-refractivity contribution in [2.24, 2.45) is 0 Å². The minimum absolute atomic E-state index is 0.364. The van der Waals surface area contributed by atoms with Crippen molar-refractivity contribution in [3.05, 3.63) is 266 Å². The molecule has 0 unspecified atom stereocenters.